The number of nitrogens with one attached hydrogen (secondary N) is 2. The third-order valence-electron chi connectivity index (χ3n) is 3.68. The summed E-state index contributed by atoms with van der Waals surface area (Å²) < 4.78 is 1.96. The van der Waals surface area contributed by atoms with Crippen molar-refractivity contribution < 1.29 is 0 Å². The lowest BCUT2D eigenvalue weighted by Gasteiger charge is -2.20. The molecule has 1 aromatic heterocycles. The van der Waals surface area contributed by atoms with Gasteiger partial charge in [-0.05, 0) is 44.5 Å². The summed E-state index contributed by atoms with van der Waals surface area (Å²) in [7, 11) is 0. The molecule has 0 saturated carbocycles. The van der Waals surface area contributed by atoms with E-state index < -0.39 is 0 Å². The summed E-state index contributed by atoms with van der Waals surface area (Å²) in [6, 6.07) is 6.47. The number of imidazole rings is 1. The molecule has 4 nitrogen and oxygen atoms in total. The Morgan fingerprint density at radius 2 is 2.25 bits per heavy atom. The van der Waals surface area contributed by atoms with E-state index >= 15 is 0 Å². The molecule has 1 aromatic carbocycles. The van der Waals surface area contributed by atoms with Crippen molar-refractivity contribution in [2.24, 2.45) is 0 Å². The fourth-order valence-electron chi connectivity index (χ4n) is 2.67. The van der Waals surface area contributed by atoms with E-state index in [1.807, 2.05) is 22.9 Å². The van der Waals surface area contributed by atoms with Crippen LogP contribution in [0.1, 0.15) is 19.3 Å². The quantitative estimate of drug-likeness (QED) is 0.913. The van der Waals surface area contributed by atoms with Crippen LogP contribution in [0.3, 0.4) is 0 Å². The van der Waals surface area contributed by atoms with Crippen LogP contribution < -0.4 is 10.6 Å². The Hall–Kier alpha value is -1.52. The molecule has 0 bridgehead atoms. The molecule has 1 atom stereocenters. The molecule has 1 aliphatic heterocycles. The zero-order valence-electron chi connectivity index (χ0n) is 11.3. The summed E-state index contributed by atoms with van der Waals surface area (Å²) in [5.41, 5.74) is 2.05. The van der Waals surface area contributed by atoms with Crippen LogP contribution in [0, 0.1) is 0 Å². The fraction of sp³-hybridized carbons (Fsp3) is 0.400. The first-order chi connectivity index (χ1) is 9.84. The summed E-state index contributed by atoms with van der Waals surface area (Å²) in [4.78, 5) is 4.11. The van der Waals surface area contributed by atoms with Crippen molar-refractivity contribution >= 4 is 17.3 Å². The highest BCUT2D eigenvalue weighted by Crippen LogP contribution is 2.29. The molecule has 2 N–H and O–H groups in total. The SMILES string of the molecule is Clc1cccc(NC2CCCNCC2)c1-n1ccnc1. The monoisotopic (exact) mass is 290 g/mol. The van der Waals surface area contributed by atoms with Crippen molar-refractivity contribution in [2.75, 3.05) is 18.4 Å². The molecule has 5 heteroatoms. The summed E-state index contributed by atoms with van der Waals surface area (Å²) in [6.07, 6.45) is 8.99. The molecule has 2 heterocycles. The van der Waals surface area contributed by atoms with Crippen molar-refractivity contribution in [3.8, 4) is 5.69 Å². The van der Waals surface area contributed by atoms with Crippen molar-refractivity contribution in [2.45, 2.75) is 25.3 Å². The number of para-hydroxylation sites is 1. The standard InChI is InChI=1S/C15H19ClN4/c16-13-4-1-5-14(15(13)20-10-9-18-11-20)19-12-3-2-7-17-8-6-12/h1,4-5,9-12,17,19H,2-3,6-8H2. The Morgan fingerprint density at radius 1 is 1.30 bits per heavy atom. The van der Waals surface area contributed by atoms with Crippen LogP contribution in [0.25, 0.3) is 5.69 Å². The molecule has 1 fully saturated rings. The van der Waals surface area contributed by atoms with Crippen LogP contribution in [0.5, 0.6) is 0 Å². The van der Waals surface area contributed by atoms with Crippen LogP contribution >= 0.6 is 11.6 Å². The number of benzene rings is 1. The maximum atomic E-state index is 6.37. The number of halogens is 1. The van der Waals surface area contributed by atoms with Gasteiger partial charge in [0, 0.05) is 18.4 Å². The Labute approximate surface area is 124 Å². The second kappa shape index (κ2) is 6.29. The molecule has 1 aliphatic rings. The lowest BCUT2D eigenvalue weighted by Crippen LogP contribution is -2.22. The summed E-state index contributed by atoms with van der Waals surface area (Å²) >= 11 is 6.37. The molecule has 3 rings (SSSR count). The van der Waals surface area contributed by atoms with Gasteiger partial charge in [-0.25, -0.2) is 4.98 Å². The van der Waals surface area contributed by atoms with Crippen molar-refractivity contribution in [3.63, 3.8) is 0 Å². The Bertz CT molecular complexity index is 545. The van der Waals surface area contributed by atoms with E-state index in [9.17, 15) is 0 Å². The lowest BCUT2D eigenvalue weighted by atomic mass is 10.1. The van der Waals surface area contributed by atoms with Gasteiger partial charge in [-0.2, -0.15) is 0 Å². The molecule has 0 spiro atoms. The summed E-state index contributed by atoms with van der Waals surface area (Å²) in [6.45, 7) is 2.18. The van der Waals surface area contributed by atoms with Gasteiger partial charge in [0.15, 0.2) is 0 Å². The molecule has 0 amide bonds. The number of rotatable bonds is 3. The second-order valence-corrected chi connectivity index (χ2v) is 5.54. The molecular weight excluding hydrogens is 272 g/mol. The third-order valence-corrected chi connectivity index (χ3v) is 3.99. The van der Waals surface area contributed by atoms with Crippen LogP contribution in [0.2, 0.25) is 5.02 Å². The topological polar surface area (TPSA) is 41.9 Å². The number of aromatic nitrogens is 2. The molecule has 0 radical (unpaired) electrons. The van der Waals surface area contributed by atoms with Gasteiger partial charge in [0.05, 0.1) is 22.7 Å². The zero-order chi connectivity index (χ0) is 13.8. The van der Waals surface area contributed by atoms with Gasteiger partial charge in [-0.15, -0.1) is 0 Å². The Balaban J connectivity index is 1.87. The minimum Gasteiger partial charge on any atom is -0.381 e. The molecular formula is C15H19ClN4. The average molecular weight is 291 g/mol. The maximum absolute atomic E-state index is 6.37. The first-order valence-corrected chi connectivity index (χ1v) is 7.46. The predicted octanol–water partition coefficient (Wildman–Crippen LogP) is 3.08. The van der Waals surface area contributed by atoms with E-state index in [1.165, 1.54) is 12.8 Å². The van der Waals surface area contributed by atoms with E-state index in [1.54, 1.807) is 12.5 Å². The highest BCUT2D eigenvalue weighted by Gasteiger charge is 2.15. The Morgan fingerprint density at radius 3 is 3.10 bits per heavy atom. The first kappa shape index (κ1) is 13.5. The van der Waals surface area contributed by atoms with E-state index in [2.05, 4.69) is 21.7 Å². The highest BCUT2D eigenvalue weighted by molar-refractivity contribution is 6.33. The number of hydrogen-bond acceptors (Lipinski definition) is 3. The van der Waals surface area contributed by atoms with Crippen molar-refractivity contribution in [1.82, 2.24) is 14.9 Å². The smallest absolute Gasteiger partial charge is 0.0992 e. The molecule has 1 saturated heterocycles. The maximum Gasteiger partial charge on any atom is 0.0992 e. The third kappa shape index (κ3) is 2.97. The number of hydrogen-bond donors (Lipinski definition) is 2. The Kier molecular flexibility index (Phi) is 4.23. The fourth-order valence-corrected chi connectivity index (χ4v) is 2.94. The van der Waals surface area contributed by atoms with E-state index in [0.717, 1.165) is 35.9 Å². The van der Waals surface area contributed by atoms with Gasteiger partial charge < -0.3 is 15.2 Å². The van der Waals surface area contributed by atoms with Crippen LogP contribution in [0.4, 0.5) is 5.69 Å². The van der Waals surface area contributed by atoms with Gasteiger partial charge in [-0.3, -0.25) is 0 Å². The van der Waals surface area contributed by atoms with Crippen molar-refractivity contribution in [1.29, 1.82) is 0 Å². The highest BCUT2D eigenvalue weighted by atomic mass is 35.5. The molecule has 0 aliphatic carbocycles. The summed E-state index contributed by atoms with van der Waals surface area (Å²) in [5, 5.41) is 7.82. The number of anilines is 1. The predicted molar refractivity (Wildman–Crippen MR) is 82.7 cm³/mol. The number of nitrogens with zero attached hydrogens (tertiary/aromatic N) is 2. The van der Waals surface area contributed by atoms with Gasteiger partial charge >= 0.3 is 0 Å². The van der Waals surface area contributed by atoms with Crippen LogP contribution in [0.15, 0.2) is 36.9 Å². The first-order valence-electron chi connectivity index (χ1n) is 7.09. The largest absolute Gasteiger partial charge is 0.381 e. The second-order valence-electron chi connectivity index (χ2n) is 5.13. The minimum atomic E-state index is 0.491. The normalized spacial score (nSPS) is 19.6. The zero-order valence-corrected chi connectivity index (χ0v) is 12.1. The van der Waals surface area contributed by atoms with Crippen LogP contribution in [-0.4, -0.2) is 28.7 Å². The molecule has 2 aromatic rings. The average Bonchev–Trinajstić information content (AvgIpc) is 2.84. The van der Waals surface area contributed by atoms with Gasteiger partial charge in [-0.1, -0.05) is 17.7 Å². The minimum absolute atomic E-state index is 0.491. The van der Waals surface area contributed by atoms with Gasteiger partial charge in [0.1, 0.15) is 0 Å². The van der Waals surface area contributed by atoms with Gasteiger partial charge in [0.25, 0.3) is 0 Å². The van der Waals surface area contributed by atoms with E-state index in [-0.39, 0.29) is 0 Å². The van der Waals surface area contributed by atoms with Crippen LogP contribution in [-0.2, 0) is 0 Å². The summed E-state index contributed by atoms with van der Waals surface area (Å²) in [5.74, 6) is 0. The molecule has 20 heavy (non-hydrogen) atoms. The van der Waals surface area contributed by atoms with Crippen molar-refractivity contribution in [3.05, 3.63) is 41.9 Å². The molecule has 1 unspecified atom stereocenters. The lowest BCUT2D eigenvalue weighted by molar-refractivity contribution is 0.637. The van der Waals surface area contributed by atoms with Gasteiger partial charge in [0.2, 0.25) is 0 Å². The molecule has 106 valence electrons. The van der Waals surface area contributed by atoms with E-state index in [0.29, 0.717) is 6.04 Å². The van der Waals surface area contributed by atoms with E-state index in [4.69, 9.17) is 11.6 Å².